The summed E-state index contributed by atoms with van der Waals surface area (Å²) in [6.45, 7) is 1.78. The molecule has 3 atom stereocenters. The third kappa shape index (κ3) is 2.15. The first kappa shape index (κ1) is 8.97. The Balaban J connectivity index is 2.51. The molecule has 0 bridgehead atoms. The van der Waals surface area contributed by atoms with Crippen molar-refractivity contribution in [1.29, 1.82) is 0 Å². The highest BCUT2D eigenvalue weighted by molar-refractivity contribution is 4.87. The number of methoxy groups -OCH3 is 1. The molecule has 1 rings (SSSR count). The summed E-state index contributed by atoms with van der Waals surface area (Å²) < 4.78 is 5.03. The molecule has 0 saturated heterocycles. The average Bonchev–Trinajstić information content (AvgIpc) is 1.94. The smallest absolute Gasteiger partial charge is 0.0857 e. The minimum Gasteiger partial charge on any atom is -0.390 e. The molecule has 0 aromatic heterocycles. The lowest BCUT2D eigenvalue weighted by molar-refractivity contribution is -0.105. The summed E-state index contributed by atoms with van der Waals surface area (Å²) in [5.41, 5.74) is -0.653. The van der Waals surface area contributed by atoms with Crippen LogP contribution in [0.4, 0.5) is 0 Å². The molecule has 0 aromatic rings. The van der Waals surface area contributed by atoms with E-state index in [1.807, 2.05) is 0 Å². The van der Waals surface area contributed by atoms with Gasteiger partial charge in [0.05, 0.1) is 17.8 Å². The molecule has 1 saturated carbocycles. The Kier molecular flexibility index (Phi) is 2.52. The third-order valence-corrected chi connectivity index (χ3v) is 2.35. The average molecular weight is 160 g/mol. The molecule has 0 heterocycles. The molecule has 0 amide bonds. The van der Waals surface area contributed by atoms with Gasteiger partial charge in [-0.15, -0.1) is 0 Å². The molecule has 0 radical (unpaired) electrons. The Morgan fingerprint density at radius 3 is 2.64 bits per heavy atom. The summed E-state index contributed by atoms with van der Waals surface area (Å²) in [4.78, 5) is 0. The molecule has 2 N–H and O–H groups in total. The summed E-state index contributed by atoms with van der Waals surface area (Å²) in [5, 5.41) is 19.0. The van der Waals surface area contributed by atoms with E-state index in [9.17, 15) is 10.2 Å². The molecule has 0 aliphatic heterocycles. The van der Waals surface area contributed by atoms with Gasteiger partial charge in [0.15, 0.2) is 0 Å². The molecule has 3 heteroatoms. The van der Waals surface area contributed by atoms with E-state index in [1.54, 1.807) is 14.0 Å². The van der Waals surface area contributed by atoms with E-state index in [2.05, 4.69) is 0 Å². The van der Waals surface area contributed by atoms with E-state index >= 15 is 0 Å². The highest BCUT2D eigenvalue weighted by Crippen LogP contribution is 2.29. The molecule has 1 aliphatic rings. The molecule has 3 unspecified atom stereocenters. The number of aliphatic hydroxyl groups is 2. The fourth-order valence-corrected chi connectivity index (χ4v) is 1.56. The summed E-state index contributed by atoms with van der Waals surface area (Å²) in [5.74, 6) is 0. The van der Waals surface area contributed by atoms with Gasteiger partial charge < -0.3 is 14.9 Å². The van der Waals surface area contributed by atoms with Gasteiger partial charge in [-0.1, -0.05) is 0 Å². The lowest BCUT2D eigenvalue weighted by atomic mass is 9.83. The predicted molar refractivity (Wildman–Crippen MR) is 41.3 cm³/mol. The number of rotatable bonds is 1. The van der Waals surface area contributed by atoms with Gasteiger partial charge in [0, 0.05) is 13.5 Å². The lowest BCUT2D eigenvalue weighted by Crippen LogP contribution is -2.43. The molecule has 1 fully saturated rings. The lowest BCUT2D eigenvalue weighted by Gasteiger charge is -2.36. The Morgan fingerprint density at radius 2 is 2.18 bits per heavy atom. The first-order valence-corrected chi connectivity index (χ1v) is 3.98. The topological polar surface area (TPSA) is 49.7 Å². The van der Waals surface area contributed by atoms with Crippen LogP contribution in [0.5, 0.6) is 0 Å². The normalized spacial score (nSPS) is 45.8. The first-order chi connectivity index (χ1) is 5.05. The van der Waals surface area contributed by atoms with E-state index in [4.69, 9.17) is 4.74 Å². The van der Waals surface area contributed by atoms with Crippen molar-refractivity contribution in [2.45, 2.75) is 44.0 Å². The van der Waals surface area contributed by atoms with Crippen molar-refractivity contribution in [3.63, 3.8) is 0 Å². The Hall–Kier alpha value is -0.120. The second-order valence-corrected chi connectivity index (χ2v) is 3.58. The zero-order valence-electron chi connectivity index (χ0n) is 7.08. The summed E-state index contributed by atoms with van der Waals surface area (Å²) in [6.07, 6.45) is 1.23. The summed E-state index contributed by atoms with van der Waals surface area (Å²) in [6, 6.07) is 0. The van der Waals surface area contributed by atoms with Crippen molar-refractivity contribution in [3.8, 4) is 0 Å². The van der Waals surface area contributed by atoms with Crippen molar-refractivity contribution < 1.29 is 14.9 Å². The second-order valence-electron chi connectivity index (χ2n) is 3.58. The third-order valence-electron chi connectivity index (χ3n) is 2.35. The van der Waals surface area contributed by atoms with E-state index in [0.29, 0.717) is 19.3 Å². The van der Waals surface area contributed by atoms with Gasteiger partial charge in [0.1, 0.15) is 0 Å². The SMILES string of the molecule is COC1CC(C)(O)CCC1O. The summed E-state index contributed by atoms with van der Waals surface area (Å²) >= 11 is 0. The van der Waals surface area contributed by atoms with Crippen molar-refractivity contribution in [2.75, 3.05) is 7.11 Å². The molecule has 66 valence electrons. The minimum absolute atomic E-state index is 0.196. The van der Waals surface area contributed by atoms with Gasteiger partial charge in [0.2, 0.25) is 0 Å². The Labute approximate surface area is 67.0 Å². The fraction of sp³-hybridized carbons (Fsp3) is 1.00. The molecule has 0 aromatic carbocycles. The molecular formula is C8H16O3. The van der Waals surface area contributed by atoms with Gasteiger partial charge in [-0.05, 0) is 19.8 Å². The van der Waals surface area contributed by atoms with Crippen molar-refractivity contribution in [1.82, 2.24) is 0 Å². The van der Waals surface area contributed by atoms with Crippen LogP contribution in [-0.4, -0.2) is 35.1 Å². The molecule has 0 spiro atoms. The second kappa shape index (κ2) is 3.09. The molecular weight excluding hydrogens is 144 g/mol. The van der Waals surface area contributed by atoms with Crippen LogP contribution in [0.2, 0.25) is 0 Å². The Morgan fingerprint density at radius 1 is 1.55 bits per heavy atom. The maximum atomic E-state index is 9.60. The quantitative estimate of drug-likeness (QED) is 0.580. The highest BCUT2D eigenvalue weighted by atomic mass is 16.5. The van der Waals surface area contributed by atoms with Crippen LogP contribution in [-0.2, 0) is 4.74 Å². The standard InChI is InChI=1S/C8H16O3/c1-8(10)4-3-6(9)7(5-8)11-2/h6-7,9-10H,3-5H2,1-2H3. The molecule has 1 aliphatic carbocycles. The molecule has 11 heavy (non-hydrogen) atoms. The van der Waals surface area contributed by atoms with Crippen LogP contribution in [0.15, 0.2) is 0 Å². The number of hydrogen-bond donors (Lipinski definition) is 2. The van der Waals surface area contributed by atoms with Gasteiger partial charge in [-0.3, -0.25) is 0 Å². The van der Waals surface area contributed by atoms with Crippen molar-refractivity contribution in [3.05, 3.63) is 0 Å². The van der Waals surface area contributed by atoms with Crippen molar-refractivity contribution in [2.24, 2.45) is 0 Å². The van der Waals surface area contributed by atoms with Crippen LogP contribution < -0.4 is 0 Å². The van der Waals surface area contributed by atoms with Gasteiger partial charge in [0.25, 0.3) is 0 Å². The maximum absolute atomic E-state index is 9.60. The van der Waals surface area contributed by atoms with E-state index in [0.717, 1.165) is 0 Å². The number of hydrogen-bond acceptors (Lipinski definition) is 3. The van der Waals surface area contributed by atoms with Gasteiger partial charge in [-0.25, -0.2) is 0 Å². The van der Waals surface area contributed by atoms with Gasteiger partial charge in [-0.2, -0.15) is 0 Å². The van der Waals surface area contributed by atoms with Gasteiger partial charge >= 0.3 is 0 Å². The van der Waals surface area contributed by atoms with E-state index < -0.39 is 11.7 Å². The molecule has 3 nitrogen and oxygen atoms in total. The predicted octanol–water partition coefficient (Wildman–Crippen LogP) is 0.297. The van der Waals surface area contributed by atoms with Crippen LogP contribution >= 0.6 is 0 Å². The maximum Gasteiger partial charge on any atom is 0.0857 e. The van der Waals surface area contributed by atoms with E-state index in [-0.39, 0.29) is 6.10 Å². The summed E-state index contributed by atoms with van der Waals surface area (Å²) in [7, 11) is 1.56. The fourth-order valence-electron chi connectivity index (χ4n) is 1.56. The minimum atomic E-state index is -0.653. The van der Waals surface area contributed by atoms with E-state index in [1.165, 1.54) is 0 Å². The Bertz CT molecular complexity index is 133. The highest BCUT2D eigenvalue weighted by Gasteiger charge is 2.35. The van der Waals surface area contributed by atoms with Crippen LogP contribution in [0.25, 0.3) is 0 Å². The zero-order chi connectivity index (χ0) is 8.48. The van der Waals surface area contributed by atoms with Crippen LogP contribution in [0.1, 0.15) is 26.2 Å². The number of ether oxygens (including phenoxy) is 1. The monoisotopic (exact) mass is 160 g/mol. The van der Waals surface area contributed by atoms with Crippen molar-refractivity contribution >= 4 is 0 Å². The zero-order valence-corrected chi connectivity index (χ0v) is 7.08. The van der Waals surface area contributed by atoms with Crippen LogP contribution in [0, 0.1) is 0 Å². The van der Waals surface area contributed by atoms with Crippen LogP contribution in [0.3, 0.4) is 0 Å². The largest absolute Gasteiger partial charge is 0.390 e. The first-order valence-electron chi connectivity index (χ1n) is 3.98. The number of aliphatic hydroxyl groups excluding tert-OH is 1.